The van der Waals surface area contributed by atoms with E-state index in [0.29, 0.717) is 8.19 Å². The first-order valence-corrected chi connectivity index (χ1v) is 23.9. The van der Waals surface area contributed by atoms with Crippen molar-refractivity contribution in [2.45, 2.75) is 183 Å². The molecular formula is C53H75N2P. The predicted octanol–water partition coefficient (Wildman–Crippen LogP) is 16.7. The van der Waals surface area contributed by atoms with Gasteiger partial charge >= 0.3 is 0 Å². The highest BCUT2D eigenvalue weighted by Crippen LogP contribution is 2.54. The Balaban J connectivity index is 1.65. The monoisotopic (exact) mass is 771 g/mol. The smallest absolute Gasteiger partial charge is 0.113 e. The zero-order valence-electron chi connectivity index (χ0n) is 36.8. The highest BCUT2D eigenvalue weighted by molar-refractivity contribution is 7.31. The zero-order valence-corrected chi connectivity index (χ0v) is 37.8. The van der Waals surface area contributed by atoms with Gasteiger partial charge in [-0.25, -0.2) is 4.98 Å². The normalized spacial score (nSPS) is 14.5. The standard InChI is InChI=1S/C53H75N2P/c1-9-12-14-16-18-19-20-22-24-31-48-54-41(7)38-55(48)52(49(39(4)5)53-44(27-11-3)36-37-56-53)42(8)50-46-30-26-25-28-45(46)47(29-23-21-17-15-13-10-2)51(50)43-34-32-40(6)33-35-43/h25-26,28,30,32-38,50,56H,9-24,27,29,31H2,1-8H3. The van der Waals surface area contributed by atoms with Crippen LogP contribution in [0.2, 0.25) is 0 Å². The molecule has 0 amide bonds. The molecule has 3 heteroatoms. The molecule has 0 aliphatic heterocycles. The van der Waals surface area contributed by atoms with Crippen molar-refractivity contribution >= 4 is 30.6 Å². The number of aromatic nitrogens is 2. The van der Waals surface area contributed by atoms with Gasteiger partial charge in [0.05, 0.1) is 11.4 Å². The van der Waals surface area contributed by atoms with Crippen molar-refractivity contribution in [1.29, 1.82) is 0 Å². The molecule has 0 saturated heterocycles. The quantitative estimate of drug-likeness (QED) is 0.0512. The molecule has 0 bridgehead atoms. The number of benzene rings is 2. The van der Waals surface area contributed by atoms with Crippen LogP contribution in [-0.4, -0.2) is 9.55 Å². The van der Waals surface area contributed by atoms with Crippen LogP contribution in [0.1, 0.15) is 201 Å². The third kappa shape index (κ3) is 11.2. The minimum atomic E-state index is 0.171. The first-order valence-electron chi connectivity index (χ1n) is 22.8. The Morgan fingerprint density at radius 2 is 1.27 bits per heavy atom. The van der Waals surface area contributed by atoms with E-state index in [1.54, 1.807) is 10.9 Å². The average molecular weight is 771 g/mol. The zero-order chi connectivity index (χ0) is 39.9. The average Bonchev–Trinajstić information content (AvgIpc) is 3.89. The molecule has 2 nitrogen and oxygen atoms in total. The van der Waals surface area contributed by atoms with E-state index in [9.17, 15) is 0 Å². The van der Waals surface area contributed by atoms with E-state index >= 15 is 0 Å². The third-order valence-electron chi connectivity index (χ3n) is 12.1. The topological polar surface area (TPSA) is 17.8 Å². The summed E-state index contributed by atoms with van der Waals surface area (Å²) in [6.07, 6.45) is 26.7. The summed E-state index contributed by atoms with van der Waals surface area (Å²) in [5.74, 6) is 3.83. The van der Waals surface area contributed by atoms with Crippen LogP contribution in [0.15, 0.2) is 77.7 Å². The SMILES string of the molecule is CCCCCCCCCCCc1nc(C)cn1C(C(=C(C)C)c1[pH]ccc1CCC)=C(C)C1C(c2ccc(C)cc2)=C(CCCCCCCC)c2ccccc21. The number of rotatable bonds is 24. The van der Waals surface area contributed by atoms with Crippen molar-refractivity contribution in [3.8, 4) is 0 Å². The van der Waals surface area contributed by atoms with Crippen molar-refractivity contribution in [2.24, 2.45) is 0 Å². The van der Waals surface area contributed by atoms with E-state index < -0.39 is 0 Å². The first-order chi connectivity index (χ1) is 27.3. The van der Waals surface area contributed by atoms with Crippen molar-refractivity contribution in [3.05, 3.63) is 122 Å². The molecular weight excluding hydrogens is 696 g/mol. The maximum atomic E-state index is 5.31. The van der Waals surface area contributed by atoms with Crippen molar-refractivity contribution in [2.75, 3.05) is 0 Å². The van der Waals surface area contributed by atoms with Gasteiger partial charge in [-0.05, 0) is 105 Å². The van der Waals surface area contributed by atoms with E-state index in [2.05, 4.69) is 127 Å². The molecule has 2 atom stereocenters. The molecule has 0 fully saturated rings. The lowest BCUT2D eigenvalue weighted by Crippen LogP contribution is -2.12. The van der Waals surface area contributed by atoms with Gasteiger partial charge in [-0.1, -0.05) is 176 Å². The second-order valence-corrected chi connectivity index (χ2v) is 18.2. The summed E-state index contributed by atoms with van der Waals surface area (Å²) in [5, 5.41) is 1.54. The molecule has 0 radical (unpaired) electrons. The summed E-state index contributed by atoms with van der Waals surface area (Å²) >= 11 is 0. The Labute approximate surface area is 344 Å². The molecule has 2 heterocycles. The summed E-state index contributed by atoms with van der Waals surface area (Å²) < 4.78 is 2.57. The number of imidazole rings is 1. The molecule has 5 rings (SSSR count). The van der Waals surface area contributed by atoms with E-state index in [-0.39, 0.29) is 5.92 Å². The summed E-state index contributed by atoms with van der Waals surface area (Å²) in [4.78, 5) is 5.31. The molecule has 0 saturated carbocycles. The summed E-state index contributed by atoms with van der Waals surface area (Å²) in [6, 6.07) is 21.3. The molecule has 0 spiro atoms. The molecule has 4 aromatic rings. The predicted molar refractivity (Wildman–Crippen MR) is 250 cm³/mol. The van der Waals surface area contributed by atoms with Gasteiger partial charge in [0.1, 0.15) is 5.82 Å². The summed E-state index contributed by atoms with van der Waals surface area (Å²) in [7, 11) is 0.692. The van der Waals surface area contributed by atoms with Crippen molar-refractivity contribution < 1.29 is 0 Å². The van der Waals surface area contributed by atoms with Crippen molar-refractivity contribution in [1.82, 2.24) is 9.55 Å². The van der Waals surface area contributed by atoms with Gasteiger partial charge in [0, 0.05) is 29.4 Å². The van der Waals surface area contributed by atoms with Gasteiger partial charge in [0.2, 0.25) is 0 Å². The minimum absolute atomic E-state index is 0.171. The highest BCUT2D eigenvalue weighted by Gasteiger charge is 2.35. The Kier molecular flexibility index (Phi) is 17.6. The molecule has 0 N–H and O–H groups in total. The first kappa shape index (κ1) is 43.8. The van der Waals surface area contributed by atoms with Crippen LogP contribution in [0.3, 0.4) is 0 Å². The van der Waals surface area contributed by atoms with Crippen LogP contribution in [0, 0.1) is 13.8 Å². The Hall–Kier alpha value is -3.35. The van der Waals surface area contributed by atoms with E-state index in [1.165, 1.54) is 158 Å². The fourth-order valence-electron chi connectivity index (χ4n) is 9.25. The van der Waals surface area contributed by atoms with Gasteiger partial charge in [0.25, 0.3) is 0 Å². The fourth-order valence-corrected chi connectivity index (χ4v) is 10.6. The molecule has 56 heavy (non-hydrogen) atoms. The minimum Gasteiger partial charge on any atom is -0.303 e. The largest absolute Gasteiger partial charge is 0.303 e. The number of hydrogen-bond donors (Lipinski definition) is 0. The number of aryl methyl sites for hydroxylation is 4. The molecule has 2 aromatic heterocycles. The third-order valence-corrected chi connectivity index (χ3v) is 13.3. The highest BCUT2D eigenvalue weighted by atomic mass is 31.0. The number of hydrogen-bond acceptors (Lipinski definition) is 1. The van der Waals surface area contributed by atoms with Crippen LogP contribution in [0.5, 0.6) is 0 Å². The second kappa shape index (κ2) is 22.6. The van der Waals surface area contributed by atoms with Gasteiger partial charge in [-0.2, -0.15) is 0 Å². The molecule has 1 aliphatic rings. The van der Waals surface area contributed by atoms with Gasteiger partial charge in [-0.3, -0.25) is 0 Å². The van der Waals surface area contributed by atoms with Crippen LogP contribution < -0.4 is 0 Å². The lowest BCUT2D eigenvalue weighted by molar-refractivity contribution is 0.561. The van der Waals surface area contributed by atoms with E-state index in [1.807, 2.05) is 0 Å². The number of fused-ring (bicyclic) bond motifs is 1. The van der Waals surface area contributed by atoms with Gasteiger partial charge in [-0.15, -0.1) is 8.19 Å². The molecule has 1 aliphatic carbocycles. The maximum Gasteiger partial charge on any atom is 0.113 e. The Morgan fingerprint density at radius 1 is 0.661 bits per heavy atom. The lowest BCUT2D eigenvalue weighted by Gasteiger charge is -2.27. The number of nitrogens with zero attached hydrogens (tertiary/aromatic N) is 2. The summed E-state index contributed by atoms with van der Waals surface area (Å²) in [5.41, 5.74) is 17.0. The Bertz CT molecular complexity index is 1900. The Morgan fingerprint density at radius 3 is 1.89 bits per heavy atom. The number of unbranched alkanes of at least 4 members (excludes halogenated alkanes) is 13. The van der Waals surface area contributed by atoms with E-state index in [4.69, 9.17) is 4.98 Å². The molecule has 302 valence electrons. The molecule has 2 aromatic carbocycles. The van der Waals surface area contributed by atoms with Crippen LogP contribution in [0.4, 0.5) is 0 Å². The number of allylic oxidation sites excluding steroid dienone is 6. The fraction of sp³-hybridized carbons (Fsp3) is 0.528. The van der Waals surface area contributed by atoms with Gasteiger partial charge < -0.3 is 4.57 Å². The molecule has 2 unspecified atom stereocenters. The van der Waals surface area contributed by atoms with E-state index in [0.717, 1.165) is 31.4 Å². The van der Waals surface area contributed by atoms with Crippen molar-refractivity contribution in [3.63, 3.8) is 0 Å². The van der Waals surface area contributed by atoms with Crippen LogP contribution in [0.25, 0.3) is 22.4 Å². The summed E-state index contributed by atoms with van der Waals surface area (Å²) in [6.45, 7) is 18.6. The lowest BCUT2D eigenvalue weighted by atomic mass is 9.82. The maximum absolute atomic E-state index is 5.31. The van der Waals surface area contributed by atoms with Crippen LogP contribution >= 0.6 is 8.19 Å². The second-order valence-electron chi connectivity index (χ2n) is 17.1. The van der Waals surface area contributed by atoms with Gasteiger partial charge in [0.15, 0.2) is 0 Å². The van der Waals surface area contributed by atoms with Crippen LogP contribution in [-0.2, 0) is 12.8 Å².